The number of amides is 1. The van der Waals surface area contributed by atoms with Crippen LogP contribution in [-0.4, -0.2) is 17.4 Å². The Morgan fingerprint density at radius 2 is 1.82 bits per heavy atom. The SMILES string of the molecule is CC1(C)CN(Cc2ccccc2)C(=O)C12CC2. The largest absolute Gasteiger partial charge is 0.337 e. The van der Waals surface area contributed by atoms with Gasteiger partial charge in [0, 0.05) is 13.1 Å². The Morgan fingerprint density at radius 3 is 2.35 bits per heavy atom. The zero-order valence-electron chi connectivity index (χ0n) is 10.6. The second kappa shape index (κ2) is 3.34. The molecule has 0 aromatic heterocycles. The molecule has 1 spiro atoms. The monoisotopic (exact) mass is 229 g/mol. The van der Waals surface area contributed by atoms with Gasteiger partial charge in [-0.25, -0.2) is 0 Å². The maximum Gasteiger partial charge on any atom is 0.229 e. The highest BCUT2D eigenvalue weighted by Crippen LogP contribution is 2.63. The fourth-order valence-corrected chi connectivity index (χ4v) is 3.24. The summed E-state index contributed by atoms with van der Waals surface area (Å²) in [5.74, 6) is 0.381. The van der Waals surface area contributed by atoms with Crippen LogP contribution in [0.15, 0.2) is 30.3 Å². The third-order valence-electron chi connectivity index (χ3n) is 4.54. The molecule has 0 atom stereocenters. The first-order valence-corrected chi connectivity index (χ1v) is 6.39. The van der Waals surface area contributed by atoms with Crippen LogP contribution in [-0.2, 0) is 11.3 Å². The van der Waals surface area contributed by atoms with Crippen molar-refractivity contribution in [2.24, 2.45) is 10.8 Å². The van der Waals surface area contributed by atoms with Crippen molar-refractivity contribution in [2.45, 2.75) is 33.2 Å². The third kappa shape index (κ3) is 1.50. The van der Waals surface area contributed by atoms with Gasteiger partial charge in [-0.05, 0) is 23.8 Å². The average Bonchev–Trinajstić information content (AvgIpc) is 3.07. The Labute approximate surface area is 103 Å². The van der Waals surface area contributed by atoms with E-state index >= 15 is 0 Å². The summed E-state index contributed by atoms with van der Waals surface area (Å²) in [4.78, 5) is 14.5. The first-order valence-electron chi connectivity index (χ1n) is 6.39. The Kier molecular flexibility index (Phi) is 2.13. The van der Waals surface area contributed by atoms with Gasteiger partial charge in [-0.3, -0.25) is 4.79 Å². The van der Waals surface area contributed by atoms with Crippen molar-refractivity contribution in [3.8, 4) is 0 Å². The van der Waals surface area contributed by atoms with Crippen molar-refractivity contribution in [1.82, 2.24) is 4.90 Å². The highest BCUT2D eigenvalue weighted by atomic mass is 16.2. The van der Waals surface area contributed by atoms with E-state index in [0.717, 1.165) is 25.9 Å². The van der Waals surface area contributed by atoms with Crippen LogP contribution in [0.3, 0.4) is 0 Å². The lowest BCUT2D eigenvalue weighted by atomic mass is 9.79. The maximum atomic E-state index is 12.4. The second-order valence-corrected chi connectivity index (χ2v) is 6.11. The van der Waals surface area contributed by atoms with E-state index in [-0.39, 0.29) is 10.8 Å². The molecule has 0 radical (unpaired) electrons. The fourth-order valence-electron chi connectivity index (χ4n) is 3.24. The molecule has 1 amide bonds. The molecular weight excluding hydrogens is 210 g/mol. The average molecular weight is 229 g/mol. The summed E-state index contributed by atoms with van der Waals surface area (Å²) in [6.07, 6.45) is 2.17. The van der Waals surface area contributed by atoms with Gasteiger partial charge < -0.3 is 4.90 Å². The van der Waals surface area contributed by atoms with Crippen LogP contribution in [0.1, 0.15) is 32.3 Å². The van der Waals surface area contributed by atoms with Crippen LogP contribution in [0, 0.1) is 10.8 Å². The van der Waals surface area contributed by atoms with Gasteiger partial charge in [-0.2, -0.15) is 0 Å². The van der Waals surface area contributed by atoms with Crippen LogP contribution in [0.25, 0.3) is 0 Å². The van der Waals surface area contributed by atoms with Crippen molar-refractivity contribution < 1.29 is 4.79 Å². The number of benzene rings is 1. The van der Waals surface area contributed by atoms with Gasteiger partial charge in [0.15, 0.2) is 0 Å². The molecule has 17 heavy (non-hydrogen) atoms. The summed E-state index contributed by atoms with van der Waals surface area (Å²) in [6, 6.07) is 10.3. The Bertz CT molecular complexity index is 445. The summed E-state index contributed by atoms with van der Waals surface area (Å²) >= 11 is 0. The highest BCUT2D eigenvalue weighted by molar-refractivity contribution is 5.88. The van der Waals surface area contributed by atoms with Crippen LogP contribution in [0.5, 0.6) is 0 Å². The minimum atomic E-state index is -0.0121. The number of carbonyl (C=O) groups excluding carboxylic acids is 1. The lowest BCUT2D eigenvalue weighted by molar-refractivity contribution is -0.133. The van der Waals surface area contributed by atoms with Crippen molar-refractivity contribution >= 4 is 5.91 Å². The number of hydrogen-bond donors (Lipinski definition) is 0. The molecule has 1 aromatic rings. The van der Waals surface area contributed by atoms with E-state index in [1.807, 2.05) is 23.1 Å². The van der Waals surface area contributed by atoms with Crippen molar-refractivity contribution in [1.29, 1.82) is 0 Å². The maximum absolute atomic E-state index is 12.4. The van der Waals surface area contributed by atoms with E-state index in [1.165, 1.54) is 5.56 Å². The van der Waals surface area contributed by atoms with Gasteiger partial charge in [0.2, 0.25) is 5.91 Å². The molecule has 90 valence electrons. The van der Waals surface area contributed by atoms with E-state index in [0.29, 0.717) is 5.91 Å². The Hall–Kier alpha value is -1.31. The Balaban J connectivity index is 1.81. The molecule has 2 fully saturated rings. The van der Waals surface area contributed by atoms with E-state index in [4.69, 9.17) is 0 Å². The first-order chi connectivity index (χ1) is 8.05. The van der Waals surface area contributed by atoms with Gasteiger partial charge in [0.05, 0.1) is 5.41 Å². The highest BCUT2D eigenvalue weighted by Gasteiger charge is 2.65. The van der Waals surface area contributed by atoms with Gasteiger partial charge >= 0.3 is 0 Å². The molecule has 1 saturated heterocycles. The molecule has 0 unspecified atom stereocenters. The molecule has 3 rings (SSSR count). The summed E-state index contributed by atoms with van der Waals surface area (Å²) in [6.45, 7) is 6.15. The number of rotatable bonds is 2. The van der Waals surface area contributed by atoms with Gasteiger partial charge in [-0.1, -0.05) is 44.2 Å². The lowest BCUT2D eigenvalue weighted by Crippen LogP contribution is -2.27. The minimum Gasteiger partial charge on any atom is -0.337 e. The van der Waals surface area contributed by atoms with Crippen LogP contribution < -0.4 is 0 Å². The molecule has 2 nitrogen and oxygen atoms in total. The fraction of sp³-hybridized carbons (Fsp3) is 0.533. The normalized spacial score (nSPS) is 24.4. The van der Waals surface area contributed by atoms with Crippen LogP contribution >= 0.6 is 0 Å². The molecule has 0 bridgehead atoms. The van der Waals surface area contributed by atoms with Crippen LogP contribution in [0.2, 0.25) is 0 Å². The van der Waals surface area contributed by atoms with Crippen LogP contribution in [0.4, 0.5) is 0 Å². The molecule has 0 N–H and O–H groups in total. The number of likely N-dealkylation sites (tertiary alicyclic amines) is 1. The molecule has 1 heterocycles. The first kappa shape index (κ1) is 10.8. The van der Waals surface area contributed by atoms with Crippen molar-refractivity contribution in [3.05, 3.63) is 35.9 Å². The summed E-state index contributed by atoms with van der Waals surface area (Å²) in [5, 5.41) is 0. The van der Waals surface area contributed by atoms with E-state index in [9.17, 15) is 4.79 Å². The molecule has 1 aliphatic heterocycles. The van der Waals surface area contributed by atoms with E-state index in [1.54, 1.807) is 0 Å². The topological polar surface area (TPSA) is 20.3 Å². The van der Waals surface area contributed by atoms with Crippen molar-refractivity contribution in [2.75, 3.05) is 6.54 Å². The standard InChI is InChI=1S/C15H19NO/c1-14(2)11-16(13(17)15(14)8-9-15)10-12-6-4-3-5-7-12/h3-7H,8-11H2,1-2H3. The zero-order valence-corrected chi connectivity index (χ0v) is 10.6. The van der Waals surface area contributed by atoms with E-state index in [2.05, 4.69) is 26.0 Å². The molecule has 1 saturated carbocycles. The molecule has 1 aliphatic carbocycles. The quantitative estimate of drug-likeness (QED) is 0.763. The minimum absolute atomic E-state index is 0.0121. The van der Waals surface area contributed by atoms with Crippen molar-refractivity contribution in [3.63, 3.8) is 0 Å². The molecular formula is C15H19NO. The van der Waals surface area contributed by atoms with E-state index < -0.39 is 0 Å². The zero-order chi connectivity index (χ0) is 12.1. The van der Waals surface area contributed by atoms with Gasteiger partial charge in [0.1, 0.15) is 0 Å². The Morgan fingerprint density at radius 1 is 1.18 bits per heavy atom. The predicted molar refractivity (Wildman–Crippen MR) is 67.3 cm³/mol. The predicted octanol–water partition coefficient (Wildman–Crippen LogP) is 2.84. The smallest absolute Gasteiger partial charge is 0.229 e. The summed E-state index contributed by atoms with van der Waals surface area (Å²) in [7, 11) is 0. The summed E-state index contributed by atoms with van der Waals surface area (Å²) in [5.41, 5.74) is 1.37. The number of carbonyl (C=O) groups is 1. The van der Waals surface area contributed by atoms with Gasteiger partial charge in [-0.15, -0.1) is 0 Å². The number of nitrogens with zero attached hydrogens (tertiary/aromatic N) is 1. The summed E-state index contributed by atoms with van der Waals surface area (Å²) < 4.78 is 0. The molecule has 2 heteroatoms. The van der Waals surface area contributed by atoms with Gasteiger partial charge in [0.25, 0.3) is 0 Å². The molecule has 2 aliphatic rings. The lowest BCUT2D eigenvalue weighted by Gasteiger charge is -2.22. The second-order valence-electron chi connectivity index (χ2n) is 6.11. The third-order valence-corrected chi connectivity index (χ3v) is 4.54. The molecule has 1 aromatic carbocycles. The number of hydrogen-bond acceptors (Lipinski definition) is 1.